The summed E-state index contributed by atoms with van der Waals surface area (Å²) in [6.07, 6.45) is 5.05. The van der Waals surface area contributed by atoms with Crippen LogP contribution in [0.3, 0.4) is 0 Å². The van der Waals surface area contributed by atoms with Crippen LogP contribution in [0.1, 0.15) is 23.1 Å². The number of methoxy groups -OCH3 is 1. The van der Waals surface area contributed by atoms with E-state index in [4.69, 9.17) is 9.47 Å². The molecule has 190 valence electrons. The van der Waals surface area contributed by atoms with E-state index in [1.807, 2.05) is 60.6 Å². The Morgan fingerprint density at radius 2 is 1.83 bits per heavy atom. The molecule has 0 unspecified atom stereocenters. The highest BCUT2D eigenvalue weighted by atomic mass is 16.5. The van der Waals surface area contributed by atoms with Crippen molar-refractivity contribution in [1.82, 2.24) is 19.6 Å². The zero-order chi connectivity index (χ0) is 25.3. The number of carbonyl (C=O) groups excluding carboxylic acids is 2. The van der Waals surface area contributed by atoms with Crippen molar-refractivity contribution in [1.29, 1.82) is 0 Å². The van der Waals surface area contributed by atoms with E-state index in [0.717, 1.165) is 23.3 Å². The lowest BCUT2D eigenvalue weighted by Gasteiger charge is -2.25. The first-order chi connectivity index (χ1) is 17.5. The number of hydrogen-bond acceptors (Lipinski definition) is 5. The van der Waals surface area contributed by atoms with Crippen molar-refractivity contribution in [2.45, 2.75) is 32.0 Å². The van der Waals surface area contributed by atoms with Crippen LogP contribution < -0.4 is 4.74 Å². The van der Waals surface area contributed by atoms with Crippen molar-refractivity contribution in [3.8, 4) is 5.75 Å². The Labute approximate surface area is 212 Å². The molecule has 3 aromatic rings. The largest absolute Gasteiger partial charge is 0.497 e. The Bertz CT molecular complexity index is 1150. The lowest BCUT2D eigenvalue weighted by molar-refractivity contribution is -0.138. The van der Waals surface area contributed by atoms with Gasteiger partial charge in [0, 0.05) is 39.3 Å². The lowest BCUT2D eigenvalue weighted by atomic mass is 10.1. The Balaban J connectivity index is 1.43. The van der Waals surface area contributed by atoms with Gasteiger partial charge in [-0.15, -0.1) is 0 Å². The second-order valence-electron chi connectivity index (χ2n) is 9.16. The van der Waals surface area contributed by atoms with Gasteiger partial charge in [-0.3, -0.25) is 14.3 Å². The summed E-state index contributed by atoms with van der Waals surface area (Å²) in [4.78, 5) is 29.8. The van der Waals surface area contributed by atoms with E-state index in [1.165, 1.54) is 5.56 Å². The standard InChI is InChI=1S/C28H34N4O4/c1-30-17-24(16-29-30)11-12-27(33)32-19-26(36-21-23-9-6-10-25(15-23)35-2)18-31(28(34)20-32)14-13-22-7-4-3-5-8-22/h3-10,15-17,26H,11-14,18-21H2,1-2H3/t26-/m0/s1. The number of rotatable bonds is 10. The molecule has 2 heterocycles. The van der Waals surface area contributed by atoms with Gasteiger partial charge in [0.1, 0.15) is 5.75 Å². The smallest absolute Gasteiger partial charge is 0.242 e. The monoisotopic (exact) mass is 490 g/mol. The summed E-state index contributed by atoms with van der Waals surface area (Å²) in [5.74, 6) is 0.670. The first-order valence-corrected chi connectivity index (χ1v) is 12.3. The van der Waals surface area contributed by atoms with Crippen molar-refractivity contribution in [2.75, 3.05) is 33.3 Å². The SMILES string of the molecule is COc1cccc(CO[C@H]2CN(CCc3ccccc3)C(=O)CN(C(=O)CCc3cnn(C)c3)C2)c1. The van der Waals surface area contributed by atoms with Gasteiger partial charge in [-0.05, 0) is 41.7 Å². The van der Waals surface area contributed by atoms with Gasteiger partial charge >= 0.3 is 0 Å². The summed E-state index contributed by atoms with van der Waals surface area (Å²) in [7, 11) is 3.49. The molecule has 0 radical (unpaired) electrons. The van der Waals surface area contributed by atoms with Crippen LogP contribution >= 0.6 is 0 Å². The van der Waals surface area contributed by atoms with E-state index in [2.05, 4.69) is 17.2 Å². The summed E-state index contributed by atoms with van der Waals surface area (Å²) in [5, 5.41) is 4.17. The highest BCUT2D eigenvalue weighted by Gasteiger charge is 2.30. The number of aromatic nitrogens is 2. The van der Waals surface area contributed by atoms with Gasteiger partial charge in [0.15, 0.2) is 0 Å². The van der Waals surface area contributed by atoms with Crippen molar-refractivity contribution in [3.63, 3.8) is 0 Å². The third kappa shape index (κ3) is 7.18. The maximum Gasteiger partial charge on any atom is 0.242 e. The normalized spacial score (nSPS) is 16.2. The summed E-state index contributed by atoms with van der Waals surface area (Å²) in [5.41, 5.74) is 3.16. The summed E-state index contributed by atoms with van der Waals surface area (Å²) in [6.45, 7) is 1.85. The molecule has 0 aliphatic carbocycles. The number of carbonyl (C=O) groups is 2. The first-order valence-electron chi connectivity index (χ1n) is 12.3. The lowest BCUT2D eigenvalue weighted by Crippen LogP contribution is -2.40. The molecular weight excluding hydrogens is 456 g/mol. The van der Waals surface area contributed by atoms with E-state index in [0.29, 0.717) is 39.1 Å². The van der Waals surface area contributed by atoms with Crippen molar-refractivity contribution in [2.24, 2.45) is 7.05 Å². The van der Waals surface area contributed by atoms with Crippen LogP contribution in [0.2, 0.25) is 0 Å². The van der Waals surface area contributed by atoms with Crippen LogP contribution in [0.4, 0.5) is 0 Å². The van der Waals surface area contributed by atoms with Crippen molar-refractivity contribution < 1.29 is 19.1 Å². The third-order valence-electron chi connectivity index (χ3n) is 6.40. The molecule has 2 aromatic carbocycles. The summed E-state index contributed by atoms with van der Waals surface area (Å²) >= 11 is 0. The fourth-order valence-electron chi connectivity index (χ4n) is 4.39. The molecular formula is C28H34N4O4. The van der Waals surface area contributed by atoms with Gasteiger partial charge in [0.25, 0.3) is 0 Å². The molecule has 0 spiro atoms. The molecule has 4 rings (SSSR count). The highest BCUT2D eigenvalue weighted by molar-refractivity contribution is 5.85. The predicted octanol–water partition coefficient (Wildman–Crippen LogP) is 2.86. The van der Waals surface area contributed by atoms with Crippen LogP contribution in [-0.4, -0.2) is 70.8 Å². The fraction of sp³-hybridized carbons (Fsp3) is 0.393. The maximum atomic E-state index is 13.2. The number of ether oxygens (including phenoxy) is 2. The Hall–Kier alpha value is -3.65. The van der Waals surface area contributed by atoms with E-state index in [-0.39, 0.29) is 24.5 Å². The highest BCUT2D eigenvalue weighted by Crippen LogP contribution is 2.17. The van der Waals surface area contributed by atoms with Crippen LogP contribution in [-0.2, 0) is 40.8 Å². The quantitative estimate of drug-likeness (QED) is 0.437. The van der Waals surface area contributed by atoms with Crippen molar-refractivity contribution >= 4 is 11.8 Å². The van der Waals surface area contributed by atoms with Gasteiger partial charge in [-0.2, -0.15) is 5.10 Å². The number of aryl methyl sites for hydroxylation is 2. The summed E-state index contributed by atoms with van der Waals surface area (Å²) < 4.78 is 13.3. The number of amides is 2. The molecule has 0 N–H and O–H groups in total. The number of hydrogen-bond donors (Lipinski definition) is 0. The number of nitrogens with zero attached hydrogens (tertiary/aromatic N) is 4. The van der Waals surface area contributed by atoms with E-state index in [9.17, 15) is 9.59 Å². The third-order valence-corrected chi connectivity index (χ3v) is 6.40. The molecule has 2 amide bonds. The summed E-state index contributed by atoms with van der Waals surface area (Å²) in [6, 6.07) is 17.8. The van der Waals surface area contributed by atoms with E-state index < -0.39 is 0 Å². The van der Waals surface area contributed by atoms with Crippen LogP contribution in [0.5, 0.6) is 5.75 Å². The molecule has 36 heavy (non-hydrogen) atoms. The minimum Gasteiger partial charge on any atom is -0.497 e. The Kier molecular flexibility index (Phi) is 8.73. The second kappa shape index (κ2) is 12.4. The van der Waals surface area contributed by atoms with E-state index >= 15 is 0 Å². The fourth-order valence-corrected chi connectivity index (χ4v) is 4.39. The molecule has 0 saturated carbocycles. The molecule has 8 heteroatoms. The van der Waals surface area contributed by atoms with Crippen molar-refractivity contribution in [3.05, 3.63) is 83.7 Å². The minimum absolute atomic E-state index is 0.0480. The molecule has 1 aromatic heterocycles. The van der Waals surface area contributed by atoms with Crippen LogP contribution in [0.25, 0.3) is 0 Å². The number of benzene rings is 2. The molecule has 1 aliphatic heterocycles. The van der Waals surface area contributed by atoms with Gasteiger partial charge in [-0.1, -0.05) is 42.5 Å². The second-order valence-corrected chi connectivity index (χ2v) is 9.16. The molecule has 1 aliphatic rings. The van der Waals surface area contributed by atoms with E-state index in [1.54, 1.807) is 22.9 Å². The first kappa shape index (κ1) is 25.4. The zero-order valence-electron chi connectivity index (χ0n) is 21.0. The van der Waals surface area contributed by atoms with Crippen LogP contribution in [0, 0.1) is 0 Å². The molecule has 0 bridgehead atoms. The average Bonchev–Trinajstić information content (AvgIpc) is 3.25. The van der Waals surface area contributed by atoms with Gasteiger partial charge in [0.05, 0.1) is 32.6 Å². The van der Waals surface area contributed by atoms with Gasteiger partial charge in [-0.25, -0.2) is 0 Å². The minimum atomic E-state index is -0.291. The van der Waals surface area contributed by atoms with Crippen LogP contribution in [0.15, 0.2) is 67.0 Å². The molecule has 1 fully saturated rings. The maximum absolute atomic E-state index is 13.2. The zero-order valence-corrected chi connectivity index (χ0v) is 21.0. The Morgan fingerprint density at radius 3 is 2.58 bits per heavy atom. The van der Waals surface area contributed by atoms with Gasteiger partial charge in [0.2, 0.25) is 11.8 Å². The average molecular weight is 491 g/mol. The van der Waals surface area contributed by atoms with Gasteiger partial charge < -0.3 is 19.3 Å². The molecule has 8 nitrogen and oxygen atoms in total. The predicted molar refractivity (Wildman–Crippen MR) is 136 cm³/mol. The molecule has 1 atom stereocenters. The Morgan fingerprint density at radius 1 is 1.03 bits per heavy atom. The topological polar surface area (TPSA) is 76.9 Å². The molecule has 1 saturated heterocycles.